The van der Waals surface area contributed by atoms with Gasteiger partial charge in [0.1, 0.15) is 6.42 Å². The lowest BCUT2D eigenvalue weighted by atomic mass is 9.73. The van der Waals surface area contributed by atoms with Crippen LogP contribution in [0.5, 0.6) is 0 Å². The van der Waals surface area contributed by atoms with E-state index in [1.807, 2.05) is 18.2 Å². The molecular weight excluding hydrogens is 341 g/mol. The van der Waals surface area contributed by atoms with E-state index in [0.29, 0.717) is 6.42 Å². The second kappa shape index (κ2) is 6.55. The maximum Gasteiger partial charge on any atom is 0.397 e. The highest BCUT2D eigenvalue weighted by Gasteiger charge is 2.46. The van der Waals surface area contributed by atoms with Crippen molar-refractivity contribution in [3.05, 3.63) is 35.4 Å². The predicted octanol–water partition coefficient (Wildman–Crippen LogP) is 3.94. The standard InChI is InChI=1S/C20H25F3N2O/c21-20(22,23)12-18(26)24-17-11-19(16-4-2-1-3-15(16)17)7-9-25(10-8-19)13-14-5-6-14/h1-4,14,17H,5-13H2,(H,24,26). The monoisotopic (exact) mass is 366 g/mol. The van der Waals surface area contributed by atoms with Crippen LogP contribution in [-0.4, -0.2) is 36.6 Å². The highest BCUT2D eigenvalue weighted by atomic mass is 19.4. The van der Waals surface area contributed by atoms with Gasteiger partial charge in [-0.05, 0) is 62.2 Å². The Bertz CT molecular complexity index is 676. The number of piperidine rings is 1. The molecule has 2 aliphatic carbocycles. The Morgan fingerprint density at radius 3 is 2.54 bits per heavy atom. The number of carbonyl (C=O) groups excluding carboxylic acids is 1. The van der Waals surface area contributed by atoms with E-state index >= 15 is 0 Å². The normalized spacial score (nSPS) is 25.3. The van der Waals surface area contributed by atoms with Crippen molar-refractivity contribution in [3.63, 3.8) is 0 Å². The van der Waals surface area contributed by atoms with Crippen LogP contribution in [0.25, 0.3) is 0 Å². The molecule has 2 fully saturated rings. The van der Waals surface area contributed by atoms with E-state index < -0.39 is 18.5 Å². The zero-order valence-corrected chi connectivity index (χ0v) is 14.8. The number of rotatable bonds is 4. The van der Waals surface area contributed by atoms with E-state index in [-0.39, 0.29) is 11.5 Å². The van der Waals surface area contributed by atoms with Crippen molar-refractivity contribution in [1.82, 2.24) is 10.2 Å². The van der Waals surface area contributed by atoms with Crippen LogP contribution in [0.15, 0.2) is 24.3 Å². The molecule has 1 amide bonds. The SMILES string of the molecule is O=C(CC(F)(F)F)NC1CC2(CCN(CC3CC3)CC2)c2ccccc21. The second-order valence-electron chi connectivity index (χ2n) is 8.23. The molecule has 1 spiro atoms. The van der Waals surface area contributed by atoms with Gasteiger partial charge in [0.05, 0.1) is 6.04 Å². The summed E-state index contributed by atoms with van der Waals surface area (Å²) in [6, 6.07) is 7.65. The molecule has 0 radical (unpaired) electrons. The van der Waals surface area contributed by atoms with Crippen LogP contribution >= 0.6 is 0 Å². The number of benzene rings is 1. The highest BCUT2D eigenvalue weighted by Crippen LogP contribution is 2.51. The first kappa shape index (κ1) is 17.8. The predicted molar refractivity (Wildman–Crippen MR) is 92.7 cm³/mol. The van der Waals surface area contributed by atoms with Gasteiger partial charge in [0.25, 0.3) is 0 Å². The Labute approximate surface area is 151 Å². The van der Waals surface area contributed by atoms with E-state index in [9.17, 15) is 18.0 Å². The number of halogens is 3. The number of alkyl halides is 3. The second-order valence-corrected chi connectivity index (χ2v) is 8.23. The van der Waals surface area contributed by atoms with Gasteiger partial charge >= 0.3 is 6.18 Å². The van der Waals surface area contributed by atoms with Crippen molar-refractivity contribution in [2.24, 2.45) is 5.92 Å². The van der Waals surface area contributed by atoms with Gasteiger partial charge in [0.15, 0.2) is 0 Å². The van der Waals surface area contributed by atoms with Gasteiger partial charge in [-0.3, -0.25) is 4.79 Å². The third-order valence-corrected chi connectivity index (χ3v) is 6.23. The van der Waals surface area contributed by atoms with Crippen LogP contribution in [0.4, 0.5) is 13.2 Å². The molecule has 1 aromatic carbocycles. The van der Waals surface area contributed by atoms with Crippen molar-refractivity contribution < 1.29 is 18.0 Å². The highest BCUT2D eigenvalue weighted by molar-refractivity contribution is 5.77. The number of nitrogens with one attached hydrogen (secondary N) is 1. The smallest absolute Gasteiger partial charge is 0.349 e. The lowest BCUT2D eigenvalue weighted by Crippen LogP contribution is -2.43. The van der Waals surface area contributed by atoms with Gasteiger partial charge < -0.3 is 10.2 Å². The summed E-state index contributed by atoms with van der Waals surface area (Å²) in [5.41, 5.74) is 2.22. The van der Waals surface area contributed by atoms with Crippen LogP contribution in [0.3, 0.4) is 0 Å². The average Bonchev–Trinajstić information content (AvgIpc) is 3.34. The molecule has 142 valence electrons. The number of carbonyl (C=O) groups is 1. The van der Waals surface area contributed by atoms with Crippen molar-refractivity contribution >= 4 is 5.91 Å². The Kier molecular flexibility index (Phi) is 4.49. The molecule has 1 atom stereocenters. The summed E-state index contributed by atoms with van der Waals surface area (Å²) in [7, 11) is 0. The minimum atomic E-state index is -4.46. The largest absolute Gasteiger partial charge is 0.397 e. The third-order valence-electron chi connectivity index (χ3n) is 6.23. The maximum atomic E-state index is 12.5. The molecule has 1 unspecified atom stereocenters. The van der Waals surface area contributed by atoms with E-state index in [0.717, 1.165) is 37.4 Å². The minimum absolute atomic E-state index is 0.00712. The van der Waals surface area contributed by atoms with Gasteiger partial charge in [-0.2, -0.15) is 13.2 Å². The fourth-order valence-electron chi connectivity index (χ4n) is 4.75. The van der Waals surface area contributed by atoms with Gasteiger partial charge in [-0.25, -0.2) is 0 Å². The maximum absolute atomic E-state index is 12.5. The topological polar surface area (TPSA) is 32.3 Å². The quantitative estimate of drug-likeness (QED) is 0.875. The molecule has 1 heterocycles. The third kappa shape index (κ3) is 3.75. The van der Waals surface area contributed by atoms with Gasteiger partial charge in [-0.1, -0.05) is 24.3 Å². The zero-order valence-electron chi connectivity index (χ0n) is 14.8. The summed E-state index contributed by atoms with van der Waals surface area (Å²) < 4.78 is 37.5. The van der Waals surface area contributed by atoms with E-state index in [1.54, 1.807) is 0 Å². The lowest BCUT2D eigenvalue weighted by molar-refractivity contribution is -0.154. The summed E-state index contributed by atoms with van der Waals surface area (Å²) in [6.45, 7) is 3.26. The number of amides is 1. The molecule has 6 heteroatoms. The Morgan fingerprint density at radius 2 is 1.88 bits per heavy atom. The number of hydrogen-bond donors (Lipinski definition) is 1. The molecule has 1 aliphatic heterocycles. The first-order chi connectivity index (χ1) is 12.3. The average molecular weight is 366 g/mol. The summed E-state index contributed by atoms with van der Waals surface area (Å²) in [6.07, 6.45) is -0.435. The number of hydrogen-bond acceptors (Lipinski definition) is 2. The van der Waals surface area contributed by atoms with Gasteiger partial charge in [-0.15, -0.1) is 0 Å². The van der Waals surface area contributed by atoms with Gasteiger partial charge in [0, 0.05) is 12.0 Å². The van der Waals surface area contributed by atoms with E-state index in [1.165, 1.54) is 24.9 Å². The molecule has 3 aliphatic rings. The van der Waals surface area contributed by atoms with Crippen LogP contribution in [-0.2, 0) is 10.2 Å². The summed E-state index contributed by atoms with van der Waals surface area (Å²) in [5, 5.41) is 2.64. The van der Waals surface area contributed by atoms with Crippen molar-refractivity contribution in [2.45, 2.75) is 56.2 Å². The fraction of sp³-hybridized carbons (Fsp3) is 0.650. The molecule has 0 aromatic heterocycles. The molecule has 1 saturated carbocycles. The van der Waals surface area contributed by atoms with E-state index in [2.05, 4.69) is 16.3 Å². The zero-order chi connectivity index (χ0) is 18.4. The minimum Gasteiger partial charge on any atom is -0.349 e. The molecule has 1 saturated heterocycles. The first-order valence-electron chi connectivity index (χ1n) is 9.53. The Hall–Kier alpha value is -1.56. The van der Waals surface area contributed by atoms with Crippen LogP contribution in [0, 0.1) is 5.92 Å². The molecule has 1 aromatic rings. The molecule has 26 heavy (non-hydrogen) atoms. The van der Waals surface area contributed by atoms with Crippen LogP contribution in [0.1, 0.15) is 55.7 Å². The lowest BCUT2D eigenvalue weighted by Gasteiger charge is -2.40. The Balaban J connectivity index is 1.47. The molecule has 4 rings (SSSR count). The van der Waals surface area contributed by atoms with Gasteiger partial charge in [0.2, 0.25) is 5.91 Å². The molecule has 1 N–H and O–H groups in total. The number of likely N-dealkylation sites (tertiary alicyclic amines) is 1. The van der Waals surface area contributed by atoms with E-state index in [4.69, 9.17) is 0 Å². The Morgan fingerprint density at radius 1 is 1.19 bits per heavy atom. The molecule has 0 bridgehead atoms. The summed E-state index contributed by atoms with van der Waals surface area (Å²) in [4.78, 5) is 14.4. The van der Waals surface area contributed by atoms with Crippen molar-refractivity contribution in [1.29, 1.82) is 0 Å². The molecule has 3 nitrogen and oxygen atoms in total. The number of fused-ring (bicyclic) bond motifs is 2. The summed E-state index contributed by atoms with van der Waals surface area (Å²) >= 11 is 0. The molecular formula is C20H25F3N2O. The summed E-state index contributed by atoms with van der Waals surface area (Å²) in [5.74, 6) is -0.0603. The fourth-order valence-corrected chi connectivity index (χ4v) is 4.75. The van der Waals surface area contributed by atoms with Crippen molar-refractivity contribution in [3.8, 4) is 0 Å². The van der Waals surface area contributed by atoms with Crippen LogP contribution < -0.4 is 5.32 Å². The van der Waals surface area contributed by atoms with Crippen LogP contribution in [0.2, 0.25) is 0 Å². The first-order valence-corrected chi connectivity index (χ1v) is 9.53. The number of nitrogens with zero attached hydrogens (tertiary/aromatic N) is 1. The van der Waals surface area contributed by atoms with Crippen molar-refractivity contribution in [2.75, 3.05) is 19.6 Å².